The Morgan fingerprint density at radius 2 is 2.25 bits per heavy atom. The van der Waals surface area contributed by atoms with Gasteiger partial charge in [-0.05, 0) is 18.2 Å². The number of hydrogen-bond acceptors (Lipinski definition) is 7. The Hall–Kier alpha value is -2.45. The van der Waals surface area contributed by atoms with Gasteiger partial charge in [0.05, 0.1) is 24.9 Å². The lowest BCUT2D eigenvalue weighted by Crippen LogP contribution is -2.47. The van der Waals surface area contributed by atoms with Crippen LogP contribution in [0.4, 0.5) is 0 Å². The van der Waals surface area contributed by atoms with Crippen LogP contribution in [-0.4, -0.2) is 47.3 Å². The topological polar surface area (TPSA) is 99.5 Å². The second-order valence-electron chi connectivity index (χ2n) is 5.90. The van der Waals surface area contributed by atoms with Gasteiger partial charge in [0.25, 0.3) is 0 Å². The van der Waals surface area contributed by atoms with Crippen molar-refractivity contribution in [2.45, 2.75) is 20.0 Å². The monoisotopic (exact) mass is 333 g/mol. The maximum atomic E-state index is 11.7. The third-order valence-corrected chi connectivity index (χ3v) is 3.74. The summed E-state index contributed by atoms with van der Waals surface area (Å²) in [6, 6.07) is 3.57. The predicted octanol–water partition coefficient (Wildman–Crippen LogP) is 1.88. The molecule has 24 heavy (non-hydrogen) atoms. The molecular weight excluding hydrogens is 314 g/mol. The quantitative estimate of drug-likeness (QED) is 0.834. The van der Waals surface area contributed by atoms with Crippen LogP contribution in [0.3, 0.4) is 0 Å². The first-order chi connectivity index (χ1) is 11.6. The van der Waals surface area contributed by atoms with E-state index >= 15 is 0 Å². The fourth-order valence-electron chi connectivity index (χ4n) is 2.68. The van der Waals surface area contributed by atoms with Crippen molar-refractivity contribution in [2.24, 2.45) is 5.41 Å². The summed E-state index contributed by atoms with van der Waals surface area (Å²) in [5, 5.41) is 6.81. The third-order valence-electron chi connectivity index (χ3n) is 3.74. The Labute approximate surface area is 138 Å². The van der Waals surface area contributed by atoms with Gasteiger partial charge < -0.3 is 18.6 Å². The Morgan fingerprint density at radius 3 is 2.83 bits per heavy atom. The average molecular weight is 333 g/mol. The molecule has 2 aromatic heterocycles. The van der Waals surface area contributed by atoms with E-state index in [0.29, 0.717) is 30.4 Å². The van der Waals surface area contributed by atoms with E-state index in [1.807, 2.05) is 6.92 Å². The van der Waals surface area contributed by atoms with Gasteiger partial charge in [0, 0.05) is 12.5 Å². The minimum Gasteiger partial charge on any atom is -0.465 e. The summed E-state index contributed by atoms with van der Waals surface area (Å²) in [6.45, 7) is 4.28. The minimum absolute atomic E-state index is 0.222. The van der Waals surface area contributed by atoms with Crippen molar-refractivity contribution in [1.29, 1.82) is 0 Å². The lowest BCUT2D eigenvalue weighted by Gasteiger charge is -2.39. The number of aromatic amines is 1. The maximum Gasteiger partial charge on any atom is 0.303 e. The van der Waals surface area contributed by atoms with Gasteiger partial charge in [-0.2, -0.15) is 5.10 Å². The van der Waals surface area contributed by atoms with Crippen molar-refractivity contribution in [2.75, 3.05) is 20.0 Å². The summed E-state index contributed by atoms with van der Waals surface area (Å²) < 4.78 is 21.9. The Kier molecular flexibility index (Phi) is 4.77. The number of furan rings is 1. The van der Waals surface area contributed by atoms with Crippen molar-refractivity contribution in [3.8, 4) is 0 Å². The zero-order chi connectivity index (χ0) is 17.0. The first-order valence-electron chi connectivity index (χ1n) is 7.52. The molecule has 8 heteroatoms. The highest BCUT2D eigenvalue weighted by atomic mass is 16.7. The number of carbonyl (C=O) groups is 1. The average Bonchev–Trinajstić information content (AvgIpc) is 3.24. The van der Waals surface area contributed by atoms with E-state index in [1.165, 1.54) is 13.3 Å². The van der Waals surface area contributed by atoms with Crippen LogP contribution in [0.25, 0.3) is 11.6 Å². The number of carbonyl (C=O) groups excluding carboxylic acids is 1. The second-order valence-corrected chi connectivity index (χ2v) is 5.90. The molecule has 1 fully saturated rings. The molecule has 3 rings (SSSR count). The van der Waals surface area contributed by atoms with Crippen LogP contribution in [-0.2, 0) is 19.0 Å². The molecule has 0 bridgehead atoms. The van der Waals surface area contributed by atoms with Gasteiger partial charge in [0.15, 0.2) is 5.82 Å². The van der Waals surface area contributed by atoms with Crippen LogP contribution in [0.1, 0.15) is 25.4 Å². The van der Waals surface area contributed by atoms with E-state index in [2.05, 4.69) is 15.2 Å². The van der Waals surface area contributed by atoms with Crippen LogP contribution in [0.5, 0.6) is 0 Å². The molecule has 0 aromatic carbocycles. The van der Waals surface area contributed by atoms with Crippen LogP contribution in [0.2, 0.25) is 0 Å². The van der Waals surface area contributed by atoms with E-state index in [-0.39, 0.29) is 6.79 Å². The molecule has 8 nitrogen and oxygen atoms in total. The predicted molar refractivity (Wildman–Crippen MR) is 83.4 cm³/mol. The molecule has 1 atom stereocenters. The lowest BCUT2D eigenvalue weighted by atomic mass is 9.80. The zero-order valence-corrected chi connectivity index (χ0v) is 13.5. The highest BCUT2D eigenvalue weighted by molar-refractivity contribution is 5.81. The first kappa shape index (κ1) is 16.4. The fourth-order valence-corrected chi connectivity index (χ4v) is 2.68. The van der Waals surface area contributed by atoms with Crippen molar-refractivity contribution in [3.05, 3.63) is 36.3 Å². The highest BCUT2D eigenvalue weighted by Crippen LogP contribution is 2.37. The normalized spacial score (nSPS) is 19.0. The number of nitrogens with zero attached hydrogens (tertiary/aromatic N) is 2. The molecule has 3 heterocycles. The van der Waals surface area contributed by atoms with Gasteiger partial charge >= 0.3 is 5.97 Å². The van der Waals surface area contributed by atoms with Crippen LogP contribution in [0.15, 0.2) is 29.1 Å². The summed E-state index contributed by atoms with van der Waals surface area (Å²) in [5.41, 5.74) is 0.0289. The SMILES string of the molecule is CC(=O)OC(C(=Cc1ccco1)c1nc[nH]n1)C1(C)COCOC1. The van der Waals surface area contributed by atoms with Crippen LogP contribution >= 0.6 is 0 Å². The number of hydrogen-bond donors (Lipinski definition) is 1. The Bertz CT molecular complexity index is 687. The van der Waals surface area contributed by atoms with E-state index in [1.54, 1.807) is 24.5 Å². The van der Waals surface area contributed by atoms with Crippen molar-refractivity contribution >= 4 is 17.6 Å². The molecular formula is C16H19N3O5. The first-order valence-corrected chi connectivity index (χ1v) is 7.52. The Balaban J connectivity index is 2.04. The molecule has 128 valence electrons. The number of rotatable bonds is 5. The Morgan fingerprint density at radius 1 is 1.46 bits per heavy atom. The summed E-state index contributed by atoms with van der Waals surface area (Å²) in [5.74, 6) is 0.616. The molecule has 0 saturated carbocycles. The van der Waals surface area contributed by atoms with Crippen LogP contribution in [0, 0.1) is 5.41 Å². The molecule has 1 unspecified atom stereocenters. The minimum atomic E-state index is -0.656. The number of aromatic nitrogens is 3. The summed E-state index contributed by atoms with van der Waals surface area (Å²) in [7, 11) is 0. The van der Waals surface area contributed by atoms with Gasteiger partial charge in [-0.1, -0.05) is 6.92 Å². The molecule has 0 aliphatic carbocycles. The van der Waals surface area contributed by atoms with Crippen LogP contribution < -0.4 is 0 Å². The largest absolute Gasteiger partial charge is 0.465 e. The number of ether oxygens (including phenoxy) is 3. The summed E-state index contributed by atoms with van der Waals surface area (Å²) in [6.07, 6.45) is 4.14. The second kappa shape index (κ2) is 6.98. The van der Waals surface area contributed by atoms with Crippen molar-refractivity contribution in [1.82, 2.24) is 15.2 Å². The smallest absolute Gasteiger partial charge is 0.303 e. The molecule has 0 radical (unpaired) electrons. The van der Waals surface area contributed by atoms with E-state index < -0.39 is 17.5 Å². The van der Waals surface area contributed by atoms with Gasteiger partial charge in [0.1, 0.15) is 25.0 Å². The third kappa shape index (κ3) is 3.55. The molecule has 0 amide bonds. The maximum absolute atomic E-state index is 11.7. The number of H-pyrrole nitrogens is 1. The lowest BCUT2D eigenvalue weighted by molar-refractivity contribution is -0.191. The molecule has 1 saturated heterocycles. The highest BCUT2D eigenvalue weighted by Gasteiger charge is 2.43. The van der Waals surface area contributed by atoms with Gasteiger partial charge in [-0.15, -0.1) is 0 Å². The molecule has 1 N–H and O–H groups in total. The standard InChI is InChI=1S/C16H19N3O5/c1-11(20)24-14(16(2)7-21-10-22-8-16)13(15-17-9-18-19-15)6-12-4-3-5-23-12/h3-6,9,14H,7-8,10H2,1-2H3,(H,17,18,19). The van der Waals surface area contributed by atoms with E-state index in [4.69, 9.17) is 18.6 Å². The van der Waals surface area contributed by atoms with Gasteiger partial charge in [0.2, 0.25) is 0 Å². The molecule has 1 aliphatic rings. The zero-order valence-electron chi connectivity index (χ0n) is 13.5. The van der Waals surface area contributed by atoms with Crippen molar-refractivity contribution in [3.63, 3.8) is 0 Å². The number of nitrogens with one attached hydrogen (secondary N) is 1. The van der Waals surface area contributed by atoms with Gasteiger partial charge in [-0.25, -0.2) is 4.98 Å². The van der Waals surface area contributed by atoms with E-state index in [0.717, 1.165) is 0 Å². The summed E-state index contributed by atoms with van der Waals surface area (Å²) >= 11 is 0. The van der Waals surface area contributed by atoms with Crippen molar-refractivity contribution < 1.29 is 23.4 Å². The fraction of sp³-hybridized carbons (Fsp3) is 0.438. The molecule has 1 aliphatic heterocycles. The molecule has 2 aromatic rings. The van der Waals surface area contributed by atoms with Gasteiger partial charge in [-0.3, -0.25) is 9.89 Å². The number of esters is 1. The molecule has 0 spiro atoms. The summed E-state index contributed by atoms with van der Waals surface area (Å²) in [4.78, 5) is 15.9. The van der Waals surface area contributed by atoms with E-state index in [9.17, 15) is 4.79 Å².